The van der Waals surface area contributed by atoms with Crippen molar-refractivity contribution < 1.29 is 5.11 Å². The van der Waals surface area contributed by atoms with Crippen LogP contribution in [0, 0.1) is 0 Å². The molecule has 1 N–H and O–H groups in total. The minimum Gasteiger partial charge on any atom is -0.507 e. The lowest BCUT2D eigenvalue weighted by molar-refractivity contribution is 0.488. The molecule has 16 heavy (non-hydrogen) atoms. The van der Waals surface area contributed by atoms with Gasteiger partial charge in [0.15, 0.2) is 0 Å². The van der Waals surface area contributed by atoms with Crippen molar-refractivity contribution >= 4 is 33.1 Å². The number of fused-ring (bicyclic) bond motifs is 2. The van der Waals surface area contributed by atoms with Gasteiger partial charge in [-0.15, -0.1) is 0 Å². The summed E-state index contributed by atoms with van der Waals surface area (Å²) in [6.45, 7) is 0. The summed E-state index contributed by atoms with van der Waals surface area (Å²) in [6.07, 6.45) is 0. The number of hydrogen-bond acceptors (Lipinski definition) is 1. The maximum Gasteiger partial charge on any atom is 0.131 e. The first kappa shape index (κ1) is 9.49. The van der Waals surface area contributed by atoms with Gasteiger partial charge in [0.25, 0.3) is 0 Å². The van der Waals surface area contributed by atoms with Crippen molar-refractivity contribution in [2.45, 2.75) is 0 Å². The number of hydrogen-bond donors (Lipinski definition) is 1. The van der Waals surface area contributed by atoms with Crippen LogP contribution >= 0.6 is 11.6 Å². The van der Waals surface area contributed by atoms with Gasteiger partial charge in [0.05, 0.1) is 0 Å². The molecule has 3 aromatic rings. The quantitative estimate of drug-likeness (QED) is 0.567. The summed E-state index contributed by atoms with van der Waals surface area (Å²) < 4.78 is 0. The Morgan fingerprint density at radius 2 is 1.56 bits per heavy atom. The van der Waals surface area contributed by atoms with Crippen LogP contribution in [0.1, 0.15) is 0 Å². The molecular formula is C14H9ClO. The van der Waals surface area contributed by atoms with Gasteiger partial charge < -0.3 is 5.11 Å². The Morgan fingerprint density at radius 1 is 0.812 bits per heavy atom. The van der Waals surface area contributed by atoms with E-state index in [1.807, 2.05) is 48.5 Å². The van der Waals surface area contributed by atoms with Gasteiger partial charge in [-0.2, -0.15) is 0 Å². The van der Waals surface area contributed by atoms with E-state index in [-0.39, 0.29) is 0 Å². The number of benzene rings is 3. The molecule has 0 saturated heterocycles. The lowest BCUT2D eigenvalue weighted by atomic mass is 10.0. The van der Waals surface area contributed by atoms with Crippen LogP contribution < -0.4 is 0 Å². The smallest absolute Gasteiger partial charge is 0.131 e. The predicted molar refractivity (Wildman–Crippen MR) is 68.1 cm³/mol. The van der Waals surface area contributed by atoms with E-state index in [2.05, 4.69) is 0 Å². The summed E-state index contributed by atoms with van der Waals surface area (Å²) in [4.78, 5) is 0. The van der Waals surface area contributed by atoms with Gasteiger partial charge in [-0.25, -0.2) is 0 Å². The highest BCUT2D eigenvalue weighted by Crippen LogP contribution is 2.36. The number of phenols is 1. The molecule has 0 bridgehead atoms. The largest absolute Gasteiger partial charge is 0.507 e. The molecule has 1 nitrogen and oxygen atoms in total. The summed E-state index contributed by atoms with van der Waals surface area (Å²) in [5.41, 5.74) is 0. The van der Waals surface area contributed by atoms with E-state index < -0.39 is 0 Å². The van der Waals surface area contributed by atoms with Crippen molar-refractivity contribution in [3.05, 3.63) is 53.6 Å². The van der Waals surface area contributed by atoms with Crippen LogP contribution in [0.15, 0.2) is 48.5 Å². The molecule has 3 rings (SSSR count). The van der Waals surface area contributed by atoms with Crippen LogP contribution in [-0.2, 0) is 0 Å². The van der Waals surface area contributed by atoms with Gasteiger partial charge >= 0.3 is 0 Å². The average Bonchev–Trinajstić information content (AvgIpc) is 2.31. The second-order valence-electron chi connectivity index (χ2n) is 3.78. The molecule has 0 aliphatic carbocycles. The Bertz CT molecular complexity index is 689. The normalized spacial score (nSPS) is 11.1. The highest BCUT2D eigenvalue weighted by molar-refractivity contribution is 6.36. The van der Waals surface area contributed by atoms with Crippen LogP contribution in [0.3, 0.4) is 0 Å². The third-order valence-corrected chi connectivity index (χ3v) is 3.15. The van der Waals surface area contributed by atoms with Crippen LogP contribution in [0.5, 0.6) is 5.75 Å². The Morgan fingerprint density at radius 3 is 2.44 bits per heavy atom. The Labute approximate surface area is 97.9 Å². The number of aromatic hydroxyl groups is 1. The third kappa shape index (κ3) is 1.25. The zero-order chi connectivity index (χ0) is 11.1. The van der Waals surface area contributed by atoms with Gasteiger partial charge in [0.2, 0.25) is 0 Å². The van der Waals surface area contributed by atoms with E-state index in [0.29, 0.717) is 10.8 Å². The fourth-order valence-electron chi connectivity index (χ4n) is 2.03. The predicted octanol–water partition coefficient (Wildman–Crippen LogP) is 4.35. The zero-order valence-electron chi connectivity index (χ0n) is 8.44. The molecule has 0 fully saturated rings. The minimum atomic E-state index is 0.301. The number of phenolic OH excluding ortho intramolecular Hbond substituents is 1. The Kier molecular flexibility index (Phi) is 2.01. The maximum atomic E-state index is 10.2. The second-order valence-corrected chi connectivity index (χ2v) is 4.19. The van der Waals surface area contributed by atoms with Crippen LogP contribution in [0.25, 0.3) is 21.5 Å². The van der Waals surface area contributed by atoms with Gasteiger partial charge in [-0.05, 0) is 17.5 Å². The van der Waals surface area contributed by atoms with Crippen molar-refractivity contribution in [3.8, 4) is 5.75 Å². The third-order valence-electron chi connectivity index (χ3n) is 2.82. The fraction of sp³-hybridized carbons (Fsp3) is 0. The summed E-state index contributed by atoms with van der Waals surface area (Å²) in [7, 11) is 0. The summed E-state index contributed by atoms with van der Waals surface area (Å²) >= 11 is 6.12. The van der Waals surface area contributed by atoms with Gasteiger partial charge in [-0.3, -0.25) is 0 Å². The Balaban J connectivity index is 2.61. The van der Waals surface area contributed by atoms with Crippen molar-refractivity contribution in [1.29, 1.82) is 0 Å². The number of rotatable bonds is 0. The first-order chi connectivity index (χ1) is 7.77. The second kappa shape index (κ2) is 3.39. The Hall–Kier alpha value is -1.73. The van der Waals surface area contributed by atoms with E-state index >= 15 is 0 Å². The van der Waals surface area contributed by atoms with E-state index in [9.17, 15) is 5.11 Å². The molecule has 0 unspecified atom stereocenters. The molecule has 0 aliphatic heterocycles. The molecule has 0 atom stereocenters. The lowest BCUT2D eigenvalue weighted by Crippen LogP contribution is -1.79. The average molecular weight is 229 g/mol. The molecular weight excluding hydrogens is 220 g/mol. The highest BCUT2D eigenvalue weighted by Gasteiger charge is 2.07. The molecule has 0 saturated carbocycles. The molecule has 2 heteroatoms. The first-order valence-corrected chi connectivity index (χ1v) is 5.44. The fourth-order valence-corrected chi connectivity index (χ4v) is 2.26. The van der Waals surface area contributed by atoms with Crippen LogP contribution in [0.2, 0.25) is 5.02 Å². The van der Waals surface area contributed by atoms with Crippen molar-refractivity contribution in [1.82, 2.24) is 0 Å². The molecule has 0 aromatic heterocycles. The molecule has 0 amide bonds. The highest BCUT2D eigenvalue weighted by atomic mass is 35.5. The molecule has 0 heterocycles. The van der Waals surface area contributed by atoms with E-state index in [1.54, 1.807) is 0 Å². The molecule has 0 aliphatic rings. The van der Waals surface area contributed by atoms with Gasteiger partial charge in [-0.1, -0.05) is 48.0 Å². The van der Waals surface area contributed by atoms with Gasteiger partial charge in [0.1, 0.15) is 5.75 Å². The maximum absolute atomic E-state index is 10.2. The van der Waals surface area contributed by atoms with Crippen LogP contribution in [0.4, 0.5) is 0 Å². The van der Waals surface area contributed by atoms with E-state index in [4.69, 9.17) is 11.6 Å². The SMILES string of the molecule is Oc1c2ccccc2cc2c(Cl)cccc12. The summed E-state index contributed by atoms with van der Waals surface area (Å²) in [6, 6.07) is 15.3. The van der Waals surface area contributed by atoms with E-state index in [1.165, 1.54) is 0 Å². The van der Waals surface area contributed by atoms with Crippen LogP contribution in [-0.4, -0.2) is 5.11 Å². The molecule has 0 spiro atoms. The van der Waals surface area contributed by atoms with Crippen molar-refractivity contribution in [3.63, 3.8) is 0 Å². The zero-order valence-corrected chi connectivity index (χ0v) is 9.20. The minimum absolute atomic E-state index is 0.301. The van der Waals surface area contributed by atoms with Crippen molar-refractivity contribution in [2.24, 2.45) is 0 Å². The standard InChI is InChI=1S/C14H9ClO/c15-13-7-3-6-11-12(13)8-9-4-1-2-5-10(9)14(11)16/h1-8,16H. The van der Waals surface area contributed by atoms with Gasteiger partial charge in [0, 0.05) is 21.2 Å². The monoisotopic (exact) mass is 228 g/mol. The lowest BCUT2D eigenvalue weighted by Gasteiger charge is -2.07. The summed E-state index contributed by atoms with van der Waals surface area (Å²) in [5, 5.41) is 14.4. The molecule has 3 aromatic carbocycles. The number of halogens is 1. The summed E-state index contributed by atoms with van der Waals surface area (Å²) in [5.74, 6) is 0.301. The van der Waals surface area contributed by atoms with E-state index in [0.717, 1.165) is 21.5 Å². The van der Waals surface area contributed by atoms with Crippen molar-refractivity contribution in [2.75, 3.05) is 0 Å². The molecule has 78 valence electrons. The molecule has 0 radical (unpaired) electrons. The topological polar surface area (TPSA) is 20.2 Å². The first-order valence-electron chi connectivity index (χ1n) is 5.06.